The lowest BCUT2D eigenvalue weighted by molar-refractivity contribution is -0.137. The molecule has 33 heavy (non-hydrogen) atoms. The molecule has 1 saturated carbocycles. The van der Waals surface area contributed by atoms with Crippen LogP contribution in [-0.4, -0.2) is 29.1 Å². The van der Waals surface area contributed by atoms with E-state index in [0.29, 0.717) is 25.0 Å². The number of benzene rings is 1. The Bertz CT molecular complexity index is 946. The van der Waals surface area contributed by atoms with Crippen LogP contribution >= 0.6 is 11.9 Å². The maximum atomic E-state index is 13.6. The van der Waals surface area contributed by atoms with Crippen LogP contribution in [0.2, 0.25) is 0 Å². The molecule has 1 unspecified atom stereocenters. The van der Waals surface area contributed by atoms with E-state index in [0.717, 1.165) is 35.2 Å². The van der Waals surface area contributed by atoms with E-state index in [1.54, 1.807) is 16.8 Å². The van der Waals surface area contributed by atoms with E-state index in [-0.39, 0.29) is 11.8 Å². The van der Waals surface area contributed by atoms with Gasteiger partial charge in [-0.25, -0.2) is 4.98 Å². The van der Waals surface area contributed by atoms with Gasteiger partial charge in [0.2, 0.25) is 5.95 Å². The van der Waals surface area contributed by atoms with Crippen LogP contribution in [0.3, 0.4) is 0 Å². The Balaban J connectivity index is 1.49. The topological polar surface area (TPSA) is 53.1 Å². The number of aromatic nitrogens is 2. The summed E-state index contributed by atoms with van der Waals surface area (Å²) in [6, 6.07) is 6.57. The molecule has 2 fully saturated rings. The molecule has 0 amide bonds. The summed E-state index contributed by atoms with van der Waals surface area (Å²) in [5.74, 6) is 0.480. The first-order valence-electron chi connectivity index (χ1n) is 11.8. The molecule has 1 aromatic heterocycles. The highest BCUT2D eigenvalue weighted by Crippen LogP contribution is 2.37. The van der Waals surface area contributed by atoms with Crippen molar-refractivity contribution in [3.63, 3.8) is 0 Å². The highest BCUT2D eigenvalue weighted by atomic mass is 32.2. The molecule has 1 aliphatic heterocycles. The number of nitrogens with one attached hydrogen (secondary N) is 2. The average Bonchev–Trinajstić information content (AvgIpc) is 2.79. The summed E-state index contributed by atoms with van der Waals surface area (Å²) in [6.45, 7) is 5.18. The second-order valence-electron chi connectivity index (χ2n) is 9.28. The summed E-state index contributed by atoms with van der Waals surface area (Å²) in [6.07, 6.45) is 4.62. The monoisotopic (exact) mass is 479 g/mol. The van der Waals surface area contributed by atoms with Crippen molar-refractivity contribution in [2.45, 2.75) is 75.9 Å². The fourth-order valence-corrected chi connectivity index (χ4v) is 5.50. The zero-order valence-corrected chi connectivity index (χ0v) is 20.0. The number of piperidine rings is 1. The van der Waals surface area contributed by atoms with Crippen LogP contribution in [0.4, 0.5) is 30.6 Å². The molecule has 0 bridgehead atoms. The number of anilines is 3. The minimum atomic E-state index is -4.49. The van der Waals surface area contributed by atoms with Gasteiger partial charge in [0.25, 0.3) is 0 Å². The SMILES string of the molecule is Cc1cc(SNC2CCCCC2)ccc1Nc1ncc(C(F)(F)F)c(N2CCCC(C)C2)n1. The molecule has 1 aromatic carbocycles. The molecule has 5 nitrogen and oxygen atoms in total. The molecule has 2 heterocycles. The largest absolute Gasteiger partial charge is 0.421 e. The van der Waals surface area contributed by atoms with Gasteiger partial charge in [-0.2, -0.15) is 18.2 Å². The lowest BCUT2D eigenvalue weighted by atomic mass is 9.96. The van der Waals surface area contributed by atoms with Gasteiger partial charge in [0.05, 0.1) is 0 Å². The van der Waals surface area contributed by atoms with Crippen molar-refractivity contribution in [1.82, 2.24) is 14.7 Å². The van der Waals surface area contributed by atoms with E-state index in [2.05, 4.69) is 33.0 Å². The third kappa shape index (κ3) is 6.32. The molecule has 2 aromatic rings. The predicted octanol–water partition coefficient (Wildman–Crippen LogP) is 6.71. The second-order valence-corrected chi connectivity index (χ2v) is 10.2. The Morgan fingerprint density at radius 2 is 1.88 bits per heavy atom. The average molecular weight is 480 g/mol. The Labute approximate surface area is 198 Å². The molecule has 1 atom stereocenters. The minimum Gasteiger partial charge on any atom is -0.356 e. The third-order valence-corrected chi connectivity index (χ3v) is 7.36. The second kappa shape index (κ2) is 10.5. The van der Waals surface area contributed by atoms with Crippen LogP contribution in [0.1, 0.15) is 63.0 Å². The van der Waals surface area contributed by atoms with Crippen LogP contribution in [0, 0.1) is 12.8 Å². The summed E-state index contributed by atoms with van der Waals surface area (Å²) < 4.78 is 44.5. The summed E-state index contributed by atoms with van der Waals surface area (Å²) in [4.78, 5) is 11.2. The Morgan fingerprint density at radius 3 is 2.58 bits per heavy atom. The van der Waals surface area contributed by atoms with Crippen molar-refractivity contribution in [1.29, 1.82) is 0 Å². The number of halogens is 3. The number of hydrogen-bond donors (Lipinski definition) is 2. The lowest BCUT2D eigenvalue weighted by Gasteiger charge is -2.33. The van der Waals surface area contributed by atoms with E-state index >= 15 is 0 Å². The normalized spacial score (nSPS) is 20.2. The van der Waals surface area contributed by atoms with Gasteiger partial charge in [-0.15, -0.1) is 0 Å². The van der Waals surface area contributed by atoms with Crippen molar-refractivity contribution in [2.75, 3.05) is 23.3 Å². The van der Waals surface area contributed by atoms with Gasteiger partial charge in [-0.3, -0.25) is 4.72 Å². The van der Waals surface area contributed by atoms with Gasteiger partial charge in [0.15, 0.2) is 0 Å². The first-order chi connectivity index (χ1) is 15.8. The number of hydrogen-bond acceptors (Lipinski definition) is 6. The summed E-state index contributed by atoms with van der Waals surface area (Å²) in [7, 11) is 0. The van der Waals surface area contributed by atoms with Gasteiger partial charge < -0.3 is 10.2 Å². The summed E-state index contributed by atoms with van der Waals surface area (Å²) in [5, 5.41) is 3.13. The Kier molecular flexibility index (Phi) is 7.69. The lowest BCUT2D eigenvalue weighted by Crippen LogP contribution is -2.36. The molecule has 2 aliphatic rings. The van der Waals surface area contributed by atoms with Crippen molar-refractivity contribution in [3.8, 4) is 0 Å². The van der Waals surface area contributed by atoms with Crippen molar-refractivity contribution >= 4 is 29.4 Å². The van der Waals surface area contributed by atoms with Gasteiger partial charge >= 0.3 is 6.18 Å². The zero-order valence-electron chi connectivity index (χ0n) is 19.2. The summed E-state index contributed by atoms with van der Waals surface area (Å²) in [5.41, 5.74) is 0.997. The van der Waals surface area contributed by atoms with Gasteiger partial charge in [-0.05, 0) is 74.2 Å². The molecular weight excluding hydrogens is 447 g/mol. The first-order valence-corrected chi connectivity index (χ1v) is 12.6. The molecule has 2 N–H and O–H groups in total. The molecule has 1 aliphatic carbocycles. The Morgan fingerprint density at radius 1 is 1.09 bits per heavy atom. The van der Waals surface area contributed by atoms with Gasteiger partial charge in [0.1, 0.15) is 11.4 Å². The van der Waals surface area contributed by atoms with Crippen LogP contribution in [0.5, 0.6) is 0 Å². The van der Waals surface area contributed by atoms with Gasteiger partial charge in [-0.1, -0.05) is 26.2 Å². The van der Waals surface area contributed by atoms with Gasteiger partial charge in [0, 0.05) is 35.9 Å². The number of rotatable bonds is 6. The van der Waals surface area contributed by atoms with Crippen molar-refractivity contribution in [3.05, 3.63) is 35.5 Å². The molecule has 1 saturated heterocycles. The minimum absolute atomic E-state index is 0.0342. The number of nitrogens with zero attached hydrogens (tertiary/aromatic N) is 3. The molecule has 0 spiro atoms. The standard InChI is InChI=1S/C24H32F3N5S/c1-16-7-6-12-32(15-16)22-20(24(25,26)27)14-28-23(30-22)29-21-11-10-19(13-17(21)2)33-31-18-8-4-3-5-9-18/h10-11,13-14,16,18,31H,3-9,12,15H2,1-2H3,(H,28,29,30). The van der Waals surface area contributed by atoms with E-state index < -0.39 is 11.7 Å². The maximum absolute atomic E-state index is 13.6. The van der Waals surface area contributed by atoms with Crippen molar-refractivity contribution in [2.24, 2.45) is 5.92 Å². The maximum Gasteiger partial charge on any atom is 0.421 e. The molecular formula is C24H32F3N5S. The highest BCUT2D eigenvalue weighted by Gasteiger charge is 2.37. The highest BCUT2D eigenvalue weighted by molar-refractivity contribution is 7.97. The molecule has 0 radical (unpaired) electrons. The third-order valence-electron chi connectivity index (χ3n) is 6.42. The quantitative estimate of drug-likeness (QED) is 0.449. The van der Waals surface area contributed by atoms with Crippen molar-refractivity contribution < 1.29 is 13.2 Å². The molecule has 4 rings (SSSR count). The van der Waals surface area contributed by atoms with E-state index in [9.17, 15) is 13.2 Å². The fraction of sp³-hybridized carbons (Fsp3) is 0.583. The fourth-order valence-electron chi connectivity index (χ4n) is 4.59. The van der Waals surface area contributed by atoms with E-state index in [4.69, 9.17) is 0 Å². The number of alkyl halides is 3. The predicted molar refractivity (Wildman–Crippen MR) is 128 cm³/mol. The van der Waals surface area contributed by atoms with Crippen LogP contribution in [0.25, 0.3) is 0 Å². The first kappa shape index (κ1) is 24.1. The van der Waals surface area contributed by atoms with Crippen LogP contribution in [-0.2, 0) is 6.18 Å². The zero-order chi connectivity index (χ0) is 23.4. The van der Waals surface area contributed by atoms with E-state index in [1.165, 1.54) is 32.1 Å². The van der Waals surface area contributed by atoms with E-state index in [1.807, 2.05) is 19.1 Å². The number of aryl methyl sites for hydroxylation is 1. The Hall–Kier alpha value is -2.00. The van der Waals surface area contributed by atoms with Crippen LogP contribution in [0.15, 0.2) is 29.3 Å². The smallest absolute Gasteiger partial charge is 0.356 e. The molecule has 180 valence electrons. The molecule has 9 heteroatoms. The summed E-state index contributed by atoms with van der Waals surface area (Å²) >= 11 is 1.64. The van der Waals surface area contributed by atoms with Crippen LogP contribution < -0.4 is 14.9 Å².